The molecule has 3 heteroatoms. The number of hydrogen-bond acceptors (Lipinski definition) is 3. The van der Waals surface area contributed by atoms with Gasteiger partial charge in [-0.2, -0.15) is 5.26 Å². The third-order valence-electron chi connectivity index (χ3n) is 3.99. The summed E-state index contributed by atoms with van der Waals surface area (Å²) in [5, 5.41) is 9.50. The highest BCUT2D eigenvalue weighted by molar-refractivity contribution is 7.98. The topological polar surface area (TPSA) is 27.0 Å². The van der Waals surface area contributed by atoms with Crippen LogP contribution >= 0.6 is 11.8 Å². The van der Waals surface area contributed by atoms with Crippen molar-refractivity contribution in [1.82, 2.24) is 0 Å². The van der Waals surface area contributed by atoms with Crippen molar-refractivity contribution in [3.63, 3.8) is 0 Å². The molecule has 19 heavy (non-hydrogen) atoms. The molecule has 0 spiro atoms. The zero-order valence-corrected chi connectivity index (χ0v) is 12.7. The summed E-state index contributed by atoms with van der Waals surface area (Å²) < 4.78 is 0. The lowest BCUT2D eigenvalue weighted by molar-refractivity contribution is 0.555. The van der Waals surface area contributed by atoms with Crippen LogP contribution < -0.4 is 4.90 Å². The molecule has 2 rings (SSSR count). The predicted octanol–water partition coefficient (Wildman–Crippen LogP) is 4.44. The van der Waals surface area contributed by atoms with E-state index in [1.54, 1.807) is 11.8 Å². The van der Waals surface area contributed by atoms with E-state index in [1.807, 2.05) is 12.3 Å². The molecule has 102 valence electrons. The van der Waals surface area contributed by atoms with Crippen molar-refractivity contribution in [3.8, 4) is 6.07 Å². The lowest BCUT2D eigenvalue weighted by Crippen LogP contribution is -2.35. The number of hydrogen-bond donors (Lipinski definition) is 0. The van der Waals surface area contributed by atoms with Crippen LogP contribution in [0.3, 0.4) is 0 Å². The van der Waals surface area contributed by atoms with Crippen LogP contribution in [0.1, 0.15) is 44.6 Å². The van der Waals surface area contributed by atoms with Gasteiger partial charge in [0.1, 0.15) is 6.07 Å². The van der Waals surface area contributed by atoms with Crippen molar-refractivity contribution in [2.24, 2.45) is 0 Å². The van der Waals surface area contributed by atoms with Crippen LogP contribution in [0.5, 0.6) is 0 Å². The molecule has 1 aromatic carbocycles. The van der Waals surface area contributed by atoms with E-state index in [0.29, 0.717) is 6.04 Å². The van der Waals surface area contributed by atoms with Gasteiger partial charge in [0, 0.05) is 17.5 Å². The molecule has 0 N–H and O–H groups in total. The van der Waals surface area contributed by atoms with Crippen LogP contribution in [0.2, 0.25) is 0 Å². The Kier molecular flexibility index (Phi) is 5.15. The standard InChI is InChI=1S/C16H22N2S/c1-3-13-8-5-4-6-11-18(13)15-9-7-10-16(19-2)14(15)12-17/h7,9-10,13H,3-6,8,11H2,1-2H3. The fraction of sp³-hybridized carbons (Fsp3) is 0.562. The smallest absolute Gasteiger partial charge is 0.103 e. The monoisotopic (exact) mass is 274 g/mol. The summed E-state index contributed by atoms with van der Waals surface area (Å²) in [7, 11) is 0. The van der Waals surface area contributed by atoms with Crippen LogP contribution in [0.25, 0.3) is 0 Å². The zero-order chi connectivity index (χ0) is 13.7. The quantitative estimate of drug-likeness (QED) is 0.762. The van der Waals surface area contributed by atoms with E-state index < -0.39 is 0 Å². The normalized spacial score (nSPS) is 19.8. The lowest BCUT2D eigenvalue weighted by atomic mass is 10.1. The van der Waals surface area contributed by atoms with Gasteiger partial charge in [0.2, 0.25) is 0 Å². The van der Waals surface area contributed by atoms with E-state index in [2.05, 4.69) is 30.0 Å². The molecule has 1 fully saturated rings. The molecule has 0 aliphatic carbocycles. The van der Waals surface area contributed by atoms with E-state index in [4.69, 9.17) is 0 Å². The van der Waals surface area contributed by atoms with Crippen molar-refractivity contribution < 1.29 is 0 Å². The van der Waals surface area contributed by atoms with Gasteiger partial charge >= 0.3 is 0 Å². The summed E-state index contributed by atoms with van der Waals surface area (Å²) in [6, 6.07) is 9.25. The minimum atomic E-state index is 0.590. The first-order valence-corrected chi connectivity index (χ1v) is 8.38. The van der Waals surface area contributed by atoms with E-state index in [9.17, 15) is 5.26 Å². The fourth-order valence-corrected chi connectivity index (χ4v) is 3.53. The van der Waals surface area contributed by atoms with Gasteiger partial charge in [-0.3, -0.25) is 0 Å². The summed E-state index contributed by atoms with van der Waals surface area (Å²) in [5.41, 5.74) is 2.00. The summed E-state index contributed by atoms with van der Waals surface area (Å²) in [6.45, 7) is 3.35. The molecular formula is C16H22N2S. The van der Waals surface area contributed by atoms with Crippen molar-refractivity contribution >= 4 is 17.4 Å². The van der Waals surface area contributed by atoms with Crippen molar-refractivity contribution in [2.45, 2.75) is 50.0 Å². The van der Waals surface area contributed by atoms with Gasteiger partial charge < -0.3 is 4.90 Å². The van der Waals surface area contributed by atoms with E-state index in [1.165, 1.54) is 25.7 Å². The number of nitrogens with zero attached hydrogens (tertiary/aromatic N) is 2. The average molecular weight is 274 g/mol. The maximum atomic E-state index is 9.50. The molecule has 1 aromatic rings. The molecule has 0 radical (unpaired) electrons. The van der Waals surface area contributed by atoms with E-state index in [-0.39, 0.29) is 0 Å². The van der Waals surface area contributed by atoms with Crippen LogP contribution in [-0.2, 0) is 0 Å². The number of nitriles is 1. The first-order valence-electron chi connectivity index (χ1n) is 7.15. The SMILES string of the molecule is CCC1CCCCCN1c1cccc(SC)c1C#N. The molecular weight excluding hydrogens is 252 g/mol. The Labute approximate surface area is 120 Å². The first-order chi connectivity index (χ1) is 9.31. The second-order valence-electron chi connectivity index (χ2n) is 5.07. The van der Waals surface area contributed by atoms with Crippen molar-refractivity contribution in [2.75, 3.05) is 17.7 Å². The highest BCUT2D eigenvalue weighted by atomic mass is 32.2. The maximum absolute atomic E-state index is 9.50. The number of rotatable bonds is 3. The van der Waals surface area contributed by atoms with Crippen LogP contribution in [-0.4, -0.2) is 18.8 Å². The van der Waals surface area contributed by atoms with Crippen molar-refractivity contribution in [1.29, 1.82) is 5.26 Å². The number of benzene rings is 1. The molecule has 0 amide bonds. The first kappa shape index (κ1) is 14.3. The second kappa shape index (κ2) is 6.86. The number of thioether (sulfide) groups is 1. The molecule has 1 aliphatic heterocycles. The Bertz CT molecular complexity index is 464. The summed E-state index contributed by atoms with van der Waals surface area (Å²) in [5.74, 6) is 0. The molecule has 1 atom stereocenters. The van der Waals surface area contributed by atoms with Crippen LogP contribution in [0.15, 0.2) is 23.1 Å². The van der Waals surface area contributed by atoms with Gasteiger partial charge in [-0.25, -0.2) is 0 Å². The van der Waals surface area contributed by atoms with Crippen molar-refractivity contribution in [3.05, 3.63) is 23.8 Å². The third-order valence-corrected chi connectivity index (χ3v) is 4.77. The highest BCUT2D eigenvalue weighted by Gasteiger charge is 2.22. The largest absolute Gasteiger partial charge is 0.367 e. The Balaban J connectivity index is 2.41. The molecule has 1 saturated heterocycles. The molecule has 1 heterocycles. The number of anilines is 1. The van der Waals surface area contributed by atoms with E-state index >= 15 is 0 Å². The van der Waals surface area contributed by atoms with E-state index in [0.717, 1.165) is 29.1 Å². The minimum absolute atomic E-state index is 0.590. The Morgan fingerprint density at radius 3 is 2.89 bits per heavy atom. The molecule has 1 unspecified atom stereocenters. The summed E-state index contributed by atoms with van der Waals surface area (Å²) in [6.07, 6.45) is 8.33. The molecule has 0 bridgehead atoms. The molecule has 1 aliphatic rings. The molecule has 0 saturated carbocycles. The Morgan fingerprint density at radius 1 is 1.37 bits per heavy atom. The Morgan fingerprint density at radius 2 is 2.21 bits per heavy atom. The van der Waals surface area contributed by atoms with Crippen LogP contribution in [0, 0.1) is 11.3 Å². The predicted molar refractivity (Wildman–Crippen MR) is 82.8 cm³/mol. The average Bonchev–Trinajstić information content (AvgIpc) is 2.71. The minimum Gasteiger partial charge on any atom is -0.367 e. The van der Waals surface area contributed by atoms with Gasteiger partial charge in [0.05, 0.1) is 11.3 Å². The molecule has 2 nitrogen and oxygen atoms in total. The maximum Gasteiger partial charge on any atom is 0.103 e. The third kappa shape index (κ3) is 3.06. The fourth-order valence-electron chi connectivity index (χ4n) is 2.96. The Hall–Kier alpha value is -1.14. The van der Waals surface area contributed by atoms with Gasteiger partial charge in [-0.1, -0.05) is 25.8 Å². The summed E-state index contributed by atoms with van der Waals surface area (Å²) in [4.78, 5) is 3.57. The summed E-state index contributed by atoms with van der Waals surface area (Å²) >= 11 is 1.66. The second-order valence-corrected chi connectivity index (χ2v) is 5.92. The van der Waals surface area contributed by atoms with Crippen LogP contribution in [0.4, 0.5) is 5.69 Å². The van der Waals surface area contributed by atoms with Gasteiger partial charge in [-0.15, -0.1) is 11.8 Å². The van der Waals surface area contributed by atoms with Gasteiger partial charge in [-0.05, 0) is 37.7 Å². The molecule has 0 aromatic heterocycles. The van der Waals surface area contributed by atoms with Gasteiger partial charge in [0.15, 0.2) is 0 Å². The highest BCUT2D eigenvalue weighted by Crippen LogP contribution is 2.33. The lowest BCUT2D eigenvalue weighted by Gasteiger charge is -2.32. The van der Waals surface area contributed by atoms with Gasteiger partial charge in [0.25, 0.3) is 0 Å². The zero-order valence-electron chi connectivity index (χ0n) is 11.9.